The summed E-state index contributed by atoms with van der Waals surface area (Å²) in [6.45, 7) is 2.36. The average molecular weight is 365 g/mol. The van der Waals surface area contributed by atoms with E-state index >= 15 is 0 Å². The lowest BCUT2D eigenvalue weighted by molar-refractivity contribution is -0.120. The Hall–Kier alpha value is -1.11. The molecule has 0 aliphatic carbocycles. The van der Waals surface area contributed by atoms with Gasteiger partial charge in [-0.05, 0) is 31.5 Å². The van der Waals surface area contributed by atoms with Crippen LogP contribution in [0.1, 0.15) is 23.7 Å². The molecule has 5 nitrogen and oxygen atoms in total. The molecule has 0 radical (unpaired) electrons. The van der Waals surface area contributed by atoms with E-state index in [1.54, 1.807) is 18.2 Å². The predicted octanol–water partition coefficient (Wildman–Crippen LogP) is 1.45. The van der Waals surface area contributed by atoms with Gasteiger partial charge in [0.2, 0.25) is 5.91 Å². The predicted molar refractivity (Wildman–Crippen MR) is 85.0 cm³/mol. The maximum Gasteiger partial charge on any atom is 0.251 e. The summed E-state index contributed by atoms with van der Waals surface area (Å²) in [7, 11) is 0. The highest BCUT2D eigenvalue weighted by Gasteiger charge is 2.08. The monoisotopic (exact) mass is 363 g/mol. The Balaban J connectivity index is 0.00000361. The summed E-state index contributed by atoms with van der Waals surface area (Å²) in [5.41, 5.74) is 6.08. The summed E-state index contributed by atoms with van der Waals surface area (Å²) in [6.07, 6.45) is 0.714. The van der Waals surface area contributed by atoms with E-state index < -0.39 is 0 Å². The lowest BCUT2D eigenvalue weighted by Gasteiger charge is -2.08. The van der Waals surface area contributed by atoms with Crippen molar-refractivity contribution in [3.63, 3.8) is 0 Å². The van der Waals surface area contributed by atoms with Gasteiger partial charge in [-0.15, -0.1) is 12.4 Å². The van der Waals surface area contributed by atoms with Crippen LogP contribution in [-0.4, -0.2) is 30.9 Å². The standard InChI is InChI=1S/C13H18BrN3O2.ClH/c1-9(15)5-6-16-12(18)8-17-13(19)10-3-2-4-11(14)7-10;/h2-4,7,9H,5-6,8,15H2,1H3,(H,16,18)(H,17,19);1H. The lowest BCUT2D eigenvalue weighted by atomic mass is 10.2. The van der Waals surface area contributed by atoms with Gasteiger partial charge in [-0.3, -0.25) is 9.59 Å². The highest BCUT2D eigenvalue weighted by atomic mass is 79.9. The third-order valence-electron chi connectivity index (χ3n) is 2.42. The number of hydrogen-bond acceptors (Lipinski definition) is 3. The Morgan fingerprint density at radius 2 is 2.05 bits per heavy atom. The van der Waals surface area contributed by atoms with Crippen molar-refractivity contribution >= 4 is 40.2 Å². The topological polar surface area (TPSA) is 84.2 Å². The normalized spacial score (nSPS) is 11.2. The molecule has 1 atom stereocenters. The summed E-state index contributed by atoms with van der Waals surface area (Å²) < 4.78 is 0.821. The van der Waals surface area contributed by atoms with E-state index in [1.807, 2.05) is 13.0 Å². The van der Waals surface area contributed by atoms with Crippen LogP contribution in [0.15, 0.2) is 28.7 Å². The van der Waals surface area contributed by atoms with Crippen LogP contribution in [0.3, 0.4) is 0 Å². The van der Waals surface area contributed by atoms with Crippen molar-refractivity contribution in [2.75, 3.05) is 13.1 Å². The van der Waals surface area contributed by atoms with E-state index in [9.17, 15) is 9.59 Å². The molecule has 1 aromatic carbocycles. The van der Waals surface area contributed by atoms with Crippen molar-refractivity contribution in [3.05, 3.63) is 34.3 Å². The SMILES string of the molecule is CC(N)CCNC(=O)CNC(=O)c1cccc(Br)c1.Cl. The first-order chi connectivity index (χ1) is 8.99. The molecule has 0 saturated heterocycles. The van der Waals surface area contributed by atoms with Gasteiger partial charge in [0.1, 0.15) is 0 Å². The fourth-order valence-electron chi connectivity index (χ4n) is 1.39. The van der Waals surface area contributed by atoms with Crippen molar-refractivity contribution in [2.45, 2.75) is 19.4 Å². The van der Waals surface area contributed by atoms with Crippen molar-refractivity contribution in [1.82, 2.24) is 10.6 Å². The number of nitrogens with two attached hydrogens (primary N) is 1. The Morgan fingerprint density at radius 3 is 2.65 bits per heavy atom. The second-order valence-corrected chi connectivity index (χ2v) is 5.22. The maximum absolute atomic E-state index is 11.8. The highest BCUT2D eigenvalue weighted by Crippen LogP contribution is 2.11. The van der Waals surface area contributed by atoms with Gasteiger partial charge in [-0.1, -0.05) is 22.0 Å². The quantitative estimate of drug-likeness (QED) is 0.714. The molecule has 1 unspecified atom stereocenters. The third kappa shape index (κ3) is 7.47. The van der Waals surface area contributed by atoms with Crippen LogP contribution in [0.4, 0.5) is 0 Å². The smallest absolute Gasteiger partial charge is 0.251 e. The first-order valence-electron chi connectivity index (χ1n) is 6.05. The fourth-order valence-corrected chi connectivity index (χ4v) is 1.79. The van der Waals surface area contributed by atoms with E-state index in [1.165, 1.54) is 0 Å². The molecule has 7 heteroatoms. The number of rotatable bonds is 6. The molecule has 0 fully saturated rings. The number of amides is 2. The molecular formula is C13H19BrClN3O2. The summed E-state index contributed by atoms with van der Waals surface area (Å²) in [5, 5.41) is 5.25. The van der Waals surface area contributed by atoms with Crippen LogP contribution < -0.4 is 16.4 Å². The lowest BCUT2D eigenvalue weighted by Crippen LogP contribution is -2.38. The Bertz CT molecular complexity index is 455. The second-order valence-electron chi connectivity index (χ2n) is 4.31. The van der Waals surface area contributed by atoms with Crippen molar-refractivity contribution in [1.29, 1.82) is 0 Å². The first-order valence-corrected chi connectivity index (χ1v) is 6.84. The molecule has 1 rings (SSSR count). The summed E-state index contributed by atoms with van der Waals surface area (Å²) in [4.78, 5) is 23.2. The highest BCUT2D eigenvalue weighted by molar-refractivity contribution is 9.10. The molecule has 0 bridgehead atoms. The van der Waals surface area contributed by atoms with Crippen LogP contribution in [0, 0.1) is 0 Å². The Kier molecular flexibility index (Phi) is 9.20. The molecule has 1 aromatic rings. The van der Waals surface area contributed by atoms with Crippen molar-refractivity contribution in [2.24, 2.45) is 5.73 Å². The van der Waals surface area contributed by atoms with Crippen molar-refractivity contribution in [3.8, 4) is 0 Å². The molecule has 0 saturated carbocycles. The van der Waals surface area contributed by atoms with E-state index in [2.05, 4.69) is 26.6 Å². The minimum absolute atomic E-state index is 0. The number of carbonyl (C=O) groups is 2. The molecule has 0 aliphatic heterocycles. The molecule has 0 aliphatic rings. The molecule has 2 amide bonds. The van der Waals surface area contributed by atoms with Gasteiger partial charge in [0.15, 0.2) is 0 Å². The molecule has 0 spiro atoms. The Morgan fingerprint density at radius 1 is 1.35 bits per heavy atom. The first kappa shape index (κ1) is 18.9. The molecule has 0 heterocycles. The average Bonchev–Trinajstić information content (AvgIpc) is 2.35. The van der Waals surface area contributed by atoms with Gasteiger partial charge in [0.05, 0.1) is 6.54 Å². The fraction of sp³-hybridized carbons (Fsp3) is 0.385. The summed E-state index contributed by atoms with van der Waals surface area (Å²) >= 11 is 3.29. The Labute approximate surface area is 133 Å². The van der Waals surface area contributed by atoms with Crippen LogP contribution in [0.25, 0.3) is 0 Å². The second kappa shape index (κ2) is 9.74. The number of halogens is 2. The molecule has 112 valence electrons. The van der Waals surface area contributed by atoms with Crippen LogP contribution in [-0.2, 0) is 4.79 Å². The molecule has 4 N–H and O–H groups in total. The van der Waals surface area contributed by atoms with Crippen molar-refractivity contribution < 1.29 is 9.59 Å². The zero-order valence-corrected chi connectivity index (χ0v) is 13.6. The summed E-state index contributed by atoms with van der Waals surface area (Å²) in [5.74, 6) is -0.493. The van der Waals surface area contributed by atoms with E-state index in [4.69, 9.17) is 5.73 Å². The van der Waals surface area contributed by atoms with E-state index in [0.29, 0.717) is 18.5 Å². The van der Waals surface area contributed by atoms with Gasteiger partial charge in [0.25, 0.3) is 5.91 Å². The maximum atomic E-state index is 11.8. The van der Waals surface area contributed by atoms with E-state index in [0.717, 1.165) is 4.47 Å². The number of nitrogens with one attached hydrogen (secondary N) is 2. The molecule has 0 aromatic heterocycles. The van der Waals surface area contributed by atoms with Gasteiger partial charge in [0, 0.05) is 22.6 Å². The summed E-state index contributed by atoms with van der Waals surface area (Å²) in [6, 6.07) is 7.04. The molecule has 20 heavy (non-hydrogen) atoms. The van der Waals surface area contributed by atoms with Gasteiger partial charge < -0.3 is 16.4 Å². The van der Waals surface area contributed by atoms with Crippen LogP contribution >= 0.6 is 28.3 Å². The zero-order valence-electron chi connectivity index (χ0n) is 11.2. The van der Waals surface area contributed by atoms with Crippen LogP contribution in [0.2, 0.25) is 0 Å². The van der Waals surface area contributed by atoms with Gasteiger partial charge in [-0.25, -0.2) is 0 Å². The minimum Gasteiger partial charge on any atom is -0.355 e. The van der Waals surface area contributed by atoms with Gasteiger partial charge >= 0.3 is 0 Å². The number of benzene rings is 1. The minimum atomic E-state index is -0.274. The number of carbonyl (C=O) groups excluding carboxylic acids is 2. The molecular weight excluding hydrogens is 346 g/mol. The third-order valence-corrected chi connectivity index (χ3v) is 2.91. The van der Waals surface area contributed by atoms with Gasteiger partial charge in [-0.2, -0.15) is 0 Å². The largest absolute Gasteiger partial charge is 0.355 e. The van der Waals surface area contributed by atoms with E-state index in [-0.39, 0.29) is 36.8 Å². The zero-order chi connectivity index (χ0) is 14.3. The number of hydrogen-bond donors (Lipinski definition) is 3. The van der Waals surface area contributed by atoms with Crippen LogP contribution in [0.5, 0.6) is 0 Å².